The summed E-state index contributed by atoms with van der Waals surface area (Å²) < 4.78 is 5.50. The summed E-state index contributed by atoms with van der Waals surface area (Å²) in [5.74, 6) is -1.42. The van der Waals surface area contributed by atoms with Crippen molar-refractivity contribution in [2.24, 2.45) is 0 Å². The summed E-state index contributed by atoms with van der Waals surface area (Å²) in [4.78, 5) is 12.1. The molecule has 0 radical (unpaired) electrons. The Labute approximate surface area is 117 Å². The lowest BCUT2D eigenvalue weighted by Gasteiger charge is -2.06. The quantitative estimate of drug-likeness (QED) is 0.511. The molecule has 1 aromatic heterocycles. The zero-order valence-corrected chi connectivity index (χ0v) is 10.6. The smallest absolute Gasteiger partial charge is 0.197 e. The Hall–Kier alpha value is -3.15. The highest BCUT2D eigenvalue weighted by Crippen LogP contribution is 2.35. The maximum Gasteiger partial charge on any atom is 0.197 e. The first-order chi connectivity index (χ1) is 9.97. The van der Waals surface area contributed by atoms with E-state index < -0.39 is 16.9 Å². The highest BCUT2D eigenvalue weighted by Gasteiger charge is 2.14. The number of hydrogen-bond acceptors (Lipinski definition) is 6. The Morgan fingerprint density at radius 3 is 2.24 bits per heavy atom. The van der Waals surface area contributed by atoms with Gasteiger partial charge in [0.2, 0.25) is 0 Å². The molecular weight excluding hydrogens is 276 g/mol. The van der Waals surface area contributed by atoms with Gasteiger partial charge in [-0.3, -0.25) is 4.79 Å². The molecule has 0 atom stereocenters. The summed E-state index contributed by atoms with van der Waals surface area (Å²) in [7, 11) is 0. The average molecular weight is 286 g/mol. The van der Waals surface area contributed by atoms with Crippen molar-refractivity contribution in [1.82, 2.24) is 0 Å². The maximum atomic E-state index is 12.1. The Bertz CT molecular complexity index is 910. The van der Waals surface area contributed by atoms with E-state index in [9.17, 15) is 25.2 Å². The van der Waals surface area contributed by atoms with Crippen LogP contribution in [-0.4, -0.2) is 20.4 Å². The van der Waals surface area contributed by atoms with Crippen LogP contribution in [0.4, 0.5) is 0 Å². The van der Waals surface area contributed by atoms with Gasteiger partial charge in [-0.2, -0.15) is 0 Å². The zero-order chi connectivity index (χ0) is 15.1. The monoisotopic (exact) mass is 286 g/mol. The van der Waals surface area contributed by atoms with Gasteiger partial charge < -0.3 is 24.8 Å². The van der Waals surface area contributed by atoms with E-state index in [0.717, 1.165) is 6.07 Å². The molecule has 0 unspecified atom stereocenters. The van der Waals surface area contributed by atoms with Crippen molar-refractivity contribution in [2.45, 2.75) is 0 Å². The van der Waals surface area contributed by atoms with Crippen molar-refractivity contribution < 1.29 is 24.8 Å². The Balaban J connectivity index is 2.28. The molecule has 0 fully saturated rings. The van der Waals surface area contributed by atoms with Gasteiger partial charge in [0.05, 0.1) is 0 Å². The van der Waals surface area contributed by atoms with Gasteiger partial charge in [0.25, 0.3) is 0 Å². The number of benzene rings is 2. The second kappa shape index (κ2) is 4.45. The van der Waals surface area contributed by atoms with E-state index >= 15 is 0 Å². The summed E-state index contributed by atoms with van der Waals surface area (Å²) in [5.41, 5.74) is -0.0514. The van der Waals surface area contributed by atoms with Crippen molar-refractivity contribution in [2.75, 3.05) is 0 Å². The van der Waals surface area contributed by atoms with Crippen LogP contribution in [0.1, 0.15) is 0 Å². The maximum absolute atomic E-state index is 12.1. The summed E-state index contributed by atoms with van der Waals surface area (Å²) in [5, 5.41) is 37.7. The zero-order valence-electron chi connectivity index (χ0n) is 10.6. The van der Waals surface area contributed by atoms with E-state index in [1.165, 1.54) is 30.3 Å². The average Bonchev–Trinajstić information content (AvgIpc) is 2.45. The molecule has 0 saturated heterocycles. The van der Waals surface area contributed by atoms with Crippen LogP contribution in [-0.2, 0) is 0 Å². The Morgan fingerprint density at radius 1 is 0.810 bits per heavy atom. The van der Waals surface area contributed by atoms with Crippen LogP contribution in [0.15, 0.2) is 45.6 Å². The number of fused-ring (bicyclic) bond motifs is 1. The lowest BCUT2D eigenvalue weighted by molar-refractivity contribution is 0.403. The lowest BCUT2D eigenvalue weighted by atomic mass is 10.1. The van der Waals surface area contributed by atoms with Crippen molar-refractivity contribution >= 4 is 11.0 Å². The van der Waals surface area contributed by atoms with E-state index in [1.807, 2.05) is 0 Å². The van der Waals surface area contributed by atoms with Crippen molar-refractivity contribution in [3.05, 3.63) is 46.6 Å². The fourth-order valence-corrected chi connectivity index (χ4v) is 2.04. The molecule has 6 heteroatoms. The Morgan fingerprint density at radius 2 is 1.52 bits per heavy atom. The molecular formula is C15H10O6. The molecule has 6 nitrogen and oxygen atoms in total. The first-order valence-corrected chi connectivity index (χ1v) is 5.98. The lowest BCUT2D eigenvalue weighted by Crippen LogP contribution is -2.00. The molecule has 2 aromatic carbocycles. The van der Waals surface area contributed by atoms with E-state index in [2.05, 4.69) is 0 Å². The number of phenols is 4. The van der Waals surface area contributed by atoms with Gasteiger partial charge in [0.1, 0.15) is 16.7 Å². The normalized spacial score (nSPS) is 10.9. The first-order valence-electron chi connectivity index (χ1n) is 5.98. The van der Waals surface area contributed by atoms with Gasteiger partial charge in [-0.05, 0) is 30.3 Å². The number of phenolic OH excluding ortho intramolecular Hbond substituents is 4. The highest BCUT2D eigenvalue weighted by atomic mass is 16.3. The molecule has 4 N–H and O–H groups in total. The van der Waals surface area contributed by atoms with E-state index in [-0.39, 0.29) is 28.2 Å². The SMILES string of the molecule is O=c1cc(-c2ccc(O)c(O)c2)oc2ccc(O)c(O)c12. The molecule has 106 valence electrons. The van der Waals surface area contributed by atoms with Crippen LogP contribution >= 0.6 is 0 Å². The molecule has 0 aliphatic rings. The molecule has 0 spiro atoms. The second-order valence-corrected chi connectivity index (χ2v) is 4.48. The largest absolute Gasteiger partial charge is 0.504 e. The molecule has 0 amide bonds. The first kappa shape index (κ1) is 12.9. The van der Waals surface area contributed by atoms with E-state index in [1.54, 1.807) is 0 Å². The number of rotatable bonds is 1. The van der Waals surface area contributed by atoms with Crippen LogP contribution in [0.3, 0.4) is 0 Å². The number of aromatic hydroxyl groups is 4. The Kier molecular flexibility index (Phi) is 2.72. The van der Waals surface area contributed by atoms with Gasteiger partial charge in [-0.15, -0.1) is 0 Å². The number of hydrogen-bond donors (Lipinski definition) is 4. The molecule has 3 rings (SSSR count). The minimum Gasteiger partial charge on any atom is -0.504 e. The van der Waals surface area contributed by atoms with Crippen LogP contribution in [0.5, 0.6) is 23.0 Å². The van der Waals surface area contributed by atoms with Crippen molar-refractivity contribution in [1.29, 1.82) is 0 Å². The van der Waals surface area contributed by atoms with Crippen molar-refractivity contribution in [3.63, 3.8) is 0 Å². The summed E-state index contributed by atoms with van der Waals surface area (Å²) in [6, 6.07) is 7.68. The predicted octanol–water partition coefficient (Wildman–Crippen LogP) is 2.28. The molecule has 21 heavy (non-hydrogen) atoms. The fourth-order valence-electron chi connectivity index (χ4n) is 2.04. The van der Waals surface area contributed by atoms with Crippen molar-refractivity contribution in [3.8, 4) is 34.3 Å². The molecule has 0 saturated carbocycles. The van der Waals surface area contributed by atoms with Crippen LogP contribution in [0.2, 0.25) is 0 Å². The van der Waals surface area contributed by atoms with Gasteiger partial charge >= 0.3 is 0 Å². The van der Waals surface area contributed by atoms with Gasteiger partial charge in [-0.1, -0.05) is 0 Å². The summed E-state index contributed by atoms with van der Waals surface area (Å²) in [6.45, 7) is 0. The van der Waals surface area contributed by atoms with E-state index in [0.29, 0.717) is 5.56 Å². The highest BCUT2D eigenvalue weighted by molar-refractivity contribution is 5.87. The van der Waals surface area contributed by atoms with Crippen LogP contribution in [0.25, 0.3) is 22.3 Å². The third-order valence-corrected chi connectivity index (χ3v) is 3.11. The molecule has 0 bridgehead atoms. The summed E-state index contributed by atoms with van der Waals surface area (Å²) in [6.07, 6.45) is 0. The molecule has 3 aromatic rings. The predicted molar refractivity (Wildman–Crippen MR) is 74.6 cm³/mol. The minimum absolute atomic E-state index is 0.0976. The molecule has 0 aliphatic carbocycles. The summed E-state index contributed by atoms with van der Waals surface area (Å²) >= 11 is 0. The van der Waals surface area contributed by atoms with Gasteiger partial charge in [0, 0.05) is 11.6 Å². The third-order valence-electron chi connectivity index (χ3n) is 3.11. The standard InChI is InChI=1S/C15H10O6/c16-8-2-1-7(5-10(8)18)13-6-11(19)14-12(21-13)4-3-9(17)15(14)20/h1-6,16-18,20H. The van der Waals surface area contributed by atoms with Gasteiger partial charge in [0.15, 0.2) is 28.4 Å². The molecule has 1 heterocycles. The topological polar surface area (TPSA) is 111 Å². The van der Waals surface area contributed by atoms with E-state index in [4.69, 9.17) is 4.42 Å². The van der Waals surface area contributed by atoms with Gasteiger partial charge in [-0.25, -0.2) is 0 Å². The third kappa shape index (κ3) is 2.02. The second-order valence-electron chi connectivity index (χ2n) is 4.48. The minimum atomic E-state index is -0.540. The fraction of sp³-hybridized carbons (Fsp3) is 0. The van der Waals surface area contributed by atoms with Crippen LogP contribution < -0.4 is 5.43 Å². The molecule has 0 aliphatic heterocycles. The van der Waals surface area contributed by atoms with Crippen LogP contribution in [0, 0.1) is 0 Å².